The van der Waals surface area contributed by atoms with Crippen LogP contribution < -0.4 is 21.5 Å². The van der Waals surface area contributed by atoms with E-state index in [1.807, 2.05) is 6.07 Å². The number of halogens is 1. The minimum atomic E-state index is -1.58. The summed E-state index contributed by atoms with van der Waals surface area (Å²) in [4.78, 5) is 46.7. The van der Waals surface area contributed by atoms with Crippen molar-refractivity contribution in [2.45, 2.75) is 38.0 Å². The van der Waals surface area contributed by atoms with Crippen LogP contribution in [0.5, 0.6) is 0 Å². The van der Waals surface area contributed by atoms with Crippen LogP contribution in [0.3, 0.4) is 0 Å². The highest BCUT2D eigenvalue weighted by molar-refractivity contribution is 5.97. The number of rotatable bonds is 4. The summed E-state index contributed by atoms with van der Waals surface area (Å²) in [6.45, 7) is 1.70. The average Bonchev–Trinajstić information content (AvgIpc) is 3.57. The number of aromatic nitrogens is 3. The summed E-state index contributed by atoms with van der Waals surface area (Å²) in [5.74, 6) is 0.0377. The van der Waals surface area contributed by atoms with Gasteiger partial charge in [-0.25, -0.2) is 14.4 Å². The molecule has 1 unspecified atom stereocenters. The van der Waals surface area contributed by atoms with Crippen LogP contribution in [0.2, 0.25) is 0 Å². The first kappa shape index (κ1) is 20.5. The Morgan fingerprint density at radius 1 is 1.18 bits per heavy atom. The molecule has 2 aromatic heterocycles. The molecule has 0 bridgehead atoms. The molecule has 9 nitrogen and oxygen atoms in total. The Hall–Kier alpha value is -4.08. The molecule has 2 atom stereocenters. The number of nitrogens with zero attached hydrogens (tertiary/aromatic N) is 3. The molecule has 3 heterocycles. The number of amides is 2. The molecule has 172 valence electrons. The van der Waals surface area contributed by atoms with E-state index in [9.17, 15) is 14.4 Å². The first-order valence-electron chi connectivity index (χ1n) is 11.1. The van der Waals surface area contributed by atoms with E-state index in [4.69, 9.17) is 0 Å². The second kappa shape index (κ2) is 7.21. The molecule has 2 aliphatic carbocycles. The quantitative estimate of drug-likeness (QED) is 0.551. The van der Waals surface area contributed by atoms with Crippen molar-refractivity contribution in [3.05, 3.63) is 75.5 Å². The van der Waals surface area contributed by atoms with Gasteiger partial charge in [0.1, 0.15) is 29.3 Å². The van der Waals surface area contributed by atoms with Crippen LogP contribution in [0, 0.1) is 12.8 Å². The van der Waals surface area contributed by atoms with Gasteiger partial charge in [-0.3, -0.25) is 19.0 Å². The van der Waals surface area contributed by atoms with Gasteiger partial charge in [-0.15, -0.1) is 0 Å². The molecule has 0 saturated heterocycles. The van der Waals surface area contributed by atoms with Crippen LogP contribution >= 0.6 is 0 Å². The fourth-order valence-electron chi connectivity index (χ4n) is 4.89. The van der Waals surface area contributed by atoms with Crippen molar-refractivity contribution in [1.82, 2.24) is 19.9 Å². The van der Waals surface area contributed by atoms with E-state index in [1.165, 1.54) is 17.0 Å². The van der Waals surface area contributed by atoms with Gasteiger partial charge in [0, 0.05) is 18.4 Å². The first-order valence-corrected chi connectivity index (χ1v) is 11.1. The lowest BCUT2D eigenvalue weighted by molar-refractivity contribution is -0.117. The SMILES string of the molecule is Cc1cc(Nc2cc(NC(=O)C3CC3)ncn2)c(=O)n2c1C(=O)NC21Cc2ccccc2[C@@H]1F. The summed E-state index contributed by atoms with van der Waals surface area (Å²) >= 11 is 0. The predicted molar refractivity (Wildman–Crippen MR) is 122 cm³/mol. The van der Waals surface area contributed by atoms with Gasteiger partial charge in [-0.05, 0) is 42.5 Å². The topological polar surface area (TPSA) is 118 Å². The number of benzene rings is 1. The molecular formula is C24H21FN6O3. The second-order valence-corrected chi connectivity index (χ2v) is 9.02. The number of aryl methyl sites for hydroxylation is 1. The van der Waals surface area contributed by atoms with Gasteiger partial charge in [0.2, 0.25) is 5.91 Å². The van der Waals surface area contributed by atoms with Crippen LogP contribution in [-0.4, -0.2) is 26.3 Å². The summed E-state index contributed by atoms with van der Waals surface area (Å²) in [5.41, 5.74) is -0.0505. The molecule has 1 aromatic carbocycles. The first-order chi connectivity index (χ1) is 16.4. The third kappa shape index (κ3) is 3.01. The van der Waals surface area contributed by atoms with E-state index < -0.39 is 23.3 Å². The molecule has 3 aliphatic rings. The van der Waals surface area contributed by atoms with Crippen molar-refractivity contribution in [3.8, 4) is 0 Å². The average molecular weight is 460 g/mol. The molecule has 10 heteroatoms. The van der Waals surface area contributed by atoms with Gasteiger partial charge in [-0.2, -0.15) is 0 Å². The molecule has 3 N–H and O–H groups in total. The number of carbonyl (C=O) groups excluding carboxylic acids is 2. The summed E-state index contributed by atoms with van der Waals surface area (Å²) in [6.07, 6.45) is 1.59. The van der Waals surface area contributed by atoms with E-state index in [-0.39, 0.29) is 35.4 Å². The molecule has 1 aliphatic heterocycles. The minimum absolute atomic E-state index is 0.0146. The zero-order chi connectivity index (χ0) is 23.6. The number of pyridine rings is 1. The standard InChI is InChI=1S/C24H21FN6O3/c1-12-8-16(28-17-9-18(27-11-26-17)29-21(32)13-6-7-13)23(34)31-19(12)22(33)30-24(31)10-14-4-2-3-5-15(14)20(24)25/h2-5,8-9,11,13,20H,6-7,10H2,1H3,(H,30,33)(H2,26,27,28,29,32)/t20-,24?/m0/s1. The predicted octanol–water partition coefficient (Wildman–Crippen LogP) is 2.70. The normalized spacial score (nSPS) is 22.3. The lowest BCUT2D eigenvalue weighted by Crippen LogP contribution is -2.49. The monoisotopic (exact) mass is 460 g/mol. The number of hydrogen-bond donors (Lipinski definition) is 3. The highest BCUT2D eigenvalue weighted by atomic mass is 19.1. The fraction of sp³-hybridized carbons (Fsp3) is 0.292. The zero-order valence-corrected chi connectivity index (χ0v) is 18.3. The van der Waals surface area contributed by atoms with E-state index in [0.29, 0.717) is 16.9 Å². The third-order valence-corrected chi connectivity index (χ3v) is 6.67. The van der Waals surface area contributed by atoms with Crippen molar-refractivity contribution >= 4 is 29.1 Å². The van der Waals surface area contributed by atoms with Crippen LogP contribution in [0.15, 0.2) is 47.5 Å². The molecule has 34 heavy (non-hydrogen) atoms. The lowest BCUT2D eigenvalue weighted by atomic mass is 10.1. The summed E-state index contributed by atoms with van der Waals surface area (Å²) in [7, 11) is 0. The molecule has 6 rings (SSSR count). The molecule has 1 saturated carbocycles. The van der Waals surface area contributed by atoms with Gasteiger partial charge in [0.15, 0.2) is 11.8 Å². The molecule has 2 amide bonds. The maximum atomic E-state index is 15.8. The van der Waals surface area contributed by atoms with Crippen LogP contribution in [0.4, 0.5) is 21.7 Å². The highest BCUT2D eigenvalue weighted by Gasteiger charge is 2.55. The van der Waals surface area contributed by atoms with Gasteiger partial charge < -0.3 is 16.0 Å². The van der Waals surface area contributed by atoms with Gasteiger partial charge >= 0.3 is 0 Å². The van der Waals surface area contributed by atoms with Gasteiger partial charge in [0.05, 0.1) is 0 Å². The van der Waals surface area contributed by atoms with Crippen molar-refractivity contribution in [1.29, 1.82) is 0 Å². The maximum Gasteiger partial charge on any atom is 0.276 e. The number of fused-ring (bicyclic) bond motifs is 3. The van der Waals surface area contributed by atoms with Crippen LogP contribution in [0.1, 0.15) is 46.2 Å². The summed E-state index contributed by atoms with van der Waals surface area (Å²) < 4.78 is 17.0. The maximum absolute atomic E-state index is 15.8. The third-order valence-electron chi connectivity index (χ3n) is 6.67. The number of nitrogens with one attached hydrogen (secondary N) is 3. The van der Waals surface area contributed by atoms with Crippen molar-refractivity contribution in [2.24, 2.45) is 5.92 Å². The Bertz CT molecular complexity index is 1430. The number of hydrogen-bond acceptors (Lipinski definition) is 6. The zero-order valence-electron chi connectivity index (χ0n) is 18.3. The Morgan fingerprint density at radius 2 is 1.94 bits per heavy atom. The van der Waals surface area contributed by atoms with Crippen molar-refractivity contribution in [2.75, 3.05) is 10.6 Å². The molecule has 0 radical (unpaired) electrons. The molecule has 1 fully saturated rings. The Balaban J connectivity index is 1.39. The minimum Gasteiger partial charge on any atom is -0.336 e. The number of carbonyl (C=O) groups is 2. The van der Waals surface area contributed by atoms with Gasteiger partial charge in [0.25, 0.3) is 11.5 Å². The highest BCUT2D eigenvalue weighted by Crippen LogP contribution is 2.47. The molecule has 3 aromatic rings. The number of alkyl halides is 1. The van der Waals surface area contributed by atoms with Gasteiger partial charge in [-0.1, -0.05) is 24.3 Å². The molecular weight excluding hydrogens is 439 g/mol. The van der Waals surface area contributed by atoms with E-state index in [2.05, 4.69) is 25.9 Å². The second-order valence-electron chi connectivity index (χ2n) is 9.02. The van der Waals surface area contributed by atoms with Crippen LogP contribution in [0.25, 0.3) is 0 Å². The Morgan fingerprint density at radius 3 is 2.71 bits per heavy atom. The Labute approximate surface area is 193 Å². The Kier molecular flexibility index (Phi) is 4.35. The fourth-order valence-corrected chi connectivity index (χ4v) is 4.89. The van der Waals surface area contributed by atoms with Crippen molar-refractivity contribution < 1.29 is 14.0 Å². The van der Waals surface area contributed by atoms with E-state index in [0.717, 1.165) is 18.4 Å². The van der Waals surface area contributed by atoms with E-state index >= 15 is 4.39 Å². The van der Waals surface area contributed by atoms with Crippen LogP contribution in [-0.2, 0) is 16.9 Å². The number of anilines is 3. The molecule has 1 spiro atoms. The summed E-state index contributed by atoms with van der Waals surface area (Å²) in [5, 5.41) is 8.46. The summed E-state index contributed by atoms with van der Waals surface area (Å²) in [6, 6.07) is 10.1. The van der Waals surface area contributed by atoms with E-state index in [1.54, 1.807) is 31.2 Å². The smallest absolute Gasteiger partial charge is 0.276 e. The largest absolute Gasteiger partial charge is 0.336 e. The van der Waals surface area contributed by atoms with Crippen molar-refractivity contribution in [3.63, 3.8) is 0 Å². The lowest BCUT2D eigenvalue weighted by Gasteiger charge is -2.29.